The number of benzene rings is 2. The van der Waals surface area contributed by atoms with Gasteiger partial charge in [0.25, 0.3) is 0 Å². The maximum atomic E-state index is 3.86. The summed E-state index contributed by atoms with van der Waals surface area (Å²) < 4.78 is 0. The van der Waals surface area contributed by atoms with Gasteiger partial charge in [0.15, 0.2) is 0 Å². The summed E-state index contributed by atoms with van der Waals surface area (Å²) in [6, 6.07) is 17.6. The molecule has 26 heavy (non-hydrogen) atoms. The summed E-state index contributed by atoms with van der Waals surface area (Å²) in [5, 5.41) is 0. The van der Waals surface area contributed by atoms with Crippen molar-refractivity contribution in [3.8, 4) is 11.1 Å². The van der Waals surface area contributed by atoms with Gasteiger partial charge in [-0.25, -0.2) is 0 Å². The third-order valence-electron chi connectivity index (χ3n) is 5.20. The van der Waals surface area contributed by atoms with Crippen molar-refractivity contribution in [3.05, 3.63) is 120 Å². The molecule has 0 amide bonds. The Bertz CT molecular complexity index is 887. The van der Waals surface area contributed by atoms with Crippen LogP contribution >= 0.6 is 0 Å². The van der Waals surface area contributed by atoms with Gasteiger partial charge in [0.1, 0.15) is 0 Å². The summed E-state index contributed by atoms with van der Waals surface area (Å²) in [6.07, 6.45) is 14.9. The van der Waals surface area contributed by atoms with E-state index in [9.17, 15) is 0 Å². The van der Waals surface area contributed by atoms with E-state index in [2.05, 4.69) is 106 Å². The molecule has 0 saturated heterocycles. The third-order valence-corrected chi connectivity index (χ3v) is 5.20. The minimum Gasteiger partial charge on any atom is -0.0991 e. The molecule has 0 spiro atoms. The Morgan fingerprint density at radius 2 is 1.27 bits per heavy atom. The molecule has 1 aliphatic carbocycles. The first-order valence-corrected chi connectivity index (χ1v) is 9.20. The SMILES string of the molecule is C=C/C=C\C(=C/C)C1(C(/C=C\C)=C/C)c2ccccc2-c2ccccc21. The molecular weight excluding hydrogens is 312 g/mol. The second-order valence-corrected chi connectivity index (χ2v) is 6.42. The highest BCUT2D eigenvalue weighted by atomic mass is 14.5. The molecule has 2 aromatic carbocycles. The Morgan fingerprint density at radius 1 is 0.769 bits per heavy atom. The lowest BCUT2D eigenvalue weighted by Crippen LogP contribution is -2.29. The minimum absolute atomic E-state index is 0.303. The maximum absolute atomic E-state index is 3.86. The van der Waals surface area contributed by atoms with Crippen LogP contribution in [0.2, 0.25) is 0 Å². The van der Waals surface area contributed by atoms with Crippen LogP contribution in [0.4, 0.5) is 0 Å². The van der Waals surface area contributed by atoms with E-state index in [4.69, 9.17) is 0 Å². The molecule has 0 bridgehead atoms. The molecule has 130 valence electrons. The van der Waals surface area contributed by atoms with Crippen molar-refractivity contribution >= 4 is 0 Å². The molecule has 0 heterocycles. The molecule has 0 heteroatoms. The van der Waals surface area contributed by atoms with Crippen LogP contribution < -0.4 is 0 Å². The molecule has 0 nitrogen and oxygen atoms in total. The smallest absolute Gasteiger partial charge is 0.0707 e. The van der Waals surface area contributed by atoms with Crippen LogP contribution in [0.15, 0.2) is 109 Å². The van der Waals surface area contributed by atoms with Crippen LogP contribution in [0.5, 0.6) is 0 Å². The van der Waals surface area contributed by atoms with Gasteiger partial charge in [0.05, 0.1) is 5.41 Å². The summed E-state index contributed by atoms with van der Waals surface area (Å²) >= 11 is 0. The van der Waals surface area contributed by atoms with Gasteiger partial charge >= 0.3 is 0 Å². The van der Waals surface area contributed by atoms with Gasteiger partial charge < -0.3 is 0 Å². The third kappa shape index (κ3) is 2.54. The Morgan fingerprint density at radius 3 is 1.73 bits per heavy atom. The van der Waals surface area contributed by atoms with Crippen LogP contribution in [-0.4, -0.2) is 0 Å². The van der Waals surface area contributed by atoms with Gasteiger partial charge in [-0.15, -0.1) is 0 Å². The van der Waals surface area contributed by atoms with Gasteiger partial charge in [0.2, 0.25) is 0 Å². The standard InChI is InChI=1S/C26H26/c1-5-9-15-21(8-4)26(20(7-3)14-6-2)24-18-12-10-16-22(24)23-17-11-13-19-25(23)26/h5-19H,1H2,2-4H3/b14-6-,15-9-,20-7+,21-8+. The first kappa shape index (κ1) is 17.9. The van der Waals surface area contributed by atoms with Gasteiger partial charge in [0, 0.05) is 0 Å². The van der Waals surface area contributed by atoms with Gasteiger partial charge in [-0.2, -0.15) is 0 Å². The summed E-state index contributed by atoms with van der Waals surface area (Å²) in [5.41, 5.74) is 7.57. The minimum atomic E-state index is -0.303. The van der Waals surface area contributed by atoms with E-state index < -0.39 is 0 Å². The summed E-state index contributed by atoms with van der Waals surface area (Å²) in [6.45, 7) is 10.2. The predicted molar refractivity (Wildman–Crippen MR) is 114 cm³/mol. The van der Waals surface area contributed by atoms with Crippen molar-refractivity contribution in [2.75, 3.05) is 0 Å². The average Bonchev–Trinajstić information content (AvgIpc) is 2.98. The first-order chi connectivity index (χ1) is 12.7. The summed E-state index contributed by atoms with van der Waals surface area (Å²) in [4.78, 5) is 0. The summed E-state index contributed by atoms with van der Waals surface area (Å²) in [7, 11) is 0. The summed E-state index contributed by atoms with van der Waals surface area (Å²) in [5.74, 6) is 0. The maximum Gasteiger partial charge on any atom is 0.0707 e. The van der Waals surface area contributed by atoms with Crippen LogP contribution in [0.3, 0.4) is 0 Å². The number of rotatable bonds is 5. The van der Waals surface area contributed by atoms with E-state index in [1.165, 1.54) is 33.4 Å². The fraction of sp³-hybridized carbons (Fsp3) is 0.154. The lowest BCUT2D eigenvalue weighted by molar-refractivity contribution is 0.761. The number of hydrogen-bond donors (Lipinski definition) is 0. The Kier molecular flexibility index (Phi) is 5.23. The average molecular weight is 338 g/mol. The normalized spacial score (nSPS) is 16.1. The van der Waals surface area contributed by atoms with E-state index in [1.807, 2.05) is 12.2 Å². The van der Waals surface area contributed by atoms with Gasteiger partial charge in [-0.3, -0.25) is 0 Å². The Balaban J connectivity index is 2.49. The molecule has 1 aliphatic rings. The van der Waals surface area contributed by atoms with Crippen molar-refractivity contribution < 1.29 is 0 Å². The van der Waals surface area contributed by atoms with Crippen molar-refractivity contribution in [2.24, 2.45) is 0 Å². The monoisotopic (exact) mass is 338 g/mol. The Labute approximate surface area is 157 Å². The molecule has 3 rings (SSSR count). The fourth-order valence-corrected chi connectivity index (χ4v) is 4.25. The molecule has 0 fully saturated rings. The van der Waals surface area contributed by atoms with Crippen LogP contribution in [0, 0.1) is 0 Å². The molecule has 0 aliphatic heterocycles. The zero-order valence-electron chi connectivity index (χ0n) is 15.9. The molecular formula is C26H26. The van der Waals surface area contributed by atoms with Crippen molar-refractivity contribution in [2.45, 2.75) is 26.2 Å². The predicted octanol–water partition coefficient (Wildman–Crippen LogP) is 7.16. The van der Waals surface area contributed by atoms with Crippen molar-refractivity contribution in [1.29, 1.82) is 0 Å². The van der Waals surface area contributed by atoms with Crippen LogP contribution in [0.25, 0.3) is 11.1 Å². The van der Waals surface area contributed by atoms with E-state index >= 15 is 0 Å². The van der Waals surface area contributed by atoms with Gasteiger partial charge in [-0.1, -0.05) is 97.6 Å². The molecule has 0 N–H and O–H groups in total. The second-order valence-electron chi connectivity index (χ2n) is 6.42. The lowest BCUT2D eigenvalue weighted by Gasteiger charge is -2.35. The van der Waals surface area contributed by atoms with E-state index in [0.29, 0.717) is 0 Å². The molecule has 0 atom stereocenters. The van der Waals surface area contributed by atoms with E-state index in [1.54, 1.807) is 0 Å². The molecule has 0 radical (unpaired) electrons. The first-order valence-electron chi connectivity index (χ1n) is 9.20. The van der Waals surface area contributed by atoms with Crippen molar-refractivity contribution in [3.63, 3.8) is 0 Å². The van der Waals surface area contributed by atoms with Gasteiger partial charge in [-0.05, 0) is 54.2 Å². The molecule has 2 aromatic rings. The fourth-order valence-electron chi connectivity index (χ4n) is 4.25. The van der Waals surface area contributed by atoms with E-state index in [-0.39, 0.29) is 5.41 Å². The highest BCUT2D eigenvalue weighted by Crippen LogP contribution is 2.56. The molecule has 0 saturated carbocycles. The zero-order chi connectivity index (χ0) is 18.6. The second kappa shape index (κ2) is 7.58. The Hall–Kier alpha value is -2.86. The number of hydrogen-bond acceptors (Lipinski definition) is 0. The van der Waals surface area contributed by atoms with E-state index in [0.717, 1.165) is 0 Å². The molecule has 0 aromatic heterocycles. The number of fused-ring (bicyclic) bond motifs is 3. The highest BCUT2D eigenvalue weighted by Gasteiger charge is 2.46. The number of allylic oxidation sites excluding steroid dienone is 9. The topological polar surface area (TPSA) is 0 Å². The van der Waals surface area contributed by atoms with Crippen LogP contribution in [-0.2, 0) is 5.41 Å². The van der Waals surface area contributed by atoms with Crippen LogP contribution in [0.1, 0.15) is 31.9 Å². The van der Waals surface area contributed by atoms with Crippen molar-refractivity contribution in [1.82, 2.24) is 0 Å². The molecule has 0 unspecified atom stereocenters. The lowest BCUT2D eigenvalue weighted by atomic mass is 9.66. The largest absolute Gasteiger partial charge is 0.0991 e. The quantitative estimate of drug-likeness (QED) is 0.507. The zero-order valence-corrected chi connectivity index (χ0v) is 15.9. The highest BCUT2D eigenvalue weighted by molar-refractivity contribution is 5.87.